The van der Waals surface area contributed by atoms with Crippen LogP contribution in [0.5, 0.6) is 0 Å². The molecule has 19 heavy (non-hydrogen) atoms. The highest BCUT2D eigenvalue weighted by Crippen LogP contribution is 2.19. The maximum Gasteiger partial charge on any atom is 0.0992 e. The highest BCUT2D eigenvalue weighted by molar-refractivity contribution is 5.81. The predicted octanol–water partition coefficient (Wildman–Crippen LogP) is 3.14. The lowest BCUT2D eigenvalue weighted by Crippen LogP contribution is -1.98. The second kappa shape index (κ2) is 4.51. The van der Waals surface area contributed by atoms with Crippen LogP contribution >= 0.6 is 0 Å². The van der Waals surface area contributed by atoms with Crippen molar-refractivity contribution in [1.82, 2.24) is 4.57 Å². The molecule has 3 heteroatoms. The molecule has 0 amide bonds. The van der Waals surface area contributed by atoms with Gasteiger partial charge >= 0.3 is 0 Å². The average molecular weight is 247 g/mol. The minimum absolute atomic E-state index is 0.681. The zero-order valence-electron chi connectivity index (χ0n) is 10.4. The maximum absolute atomic E-state index is 8.98. The number of anilines is 1. The fraction of sp³-hybridized carbons (Fsp3) is 0.0625. The standard InChI is InChI=1S/C16H13N3/c17-10-12-4-5-14-6-7-19(16(14)9-12)11-13-2-1-3-15(18)8-13/h1-9H,11,18H2. The SMILES string of the molecule is N#Cc1ccc2ccn(Cc3cccc(N)c3)c2c1. The first-order valence-corrected chi connectivity index (χ1v) is 6.10. The Bertz CT molecular complexity index is 778. The van der Waals surface area contributed by atoms with E-state index in [0.29, 0.717) is 5.56 Å². The highest BCUT2D eigenvalue weighted by Gasteiger charge is 2.03. The zero-order chi connectivity index (χ0) is 13.2. The Labute approximate surface area is 111 Å². The first kappa shape index (κ1) is 11.4. The summed E-state index contributed by atoms with van der Waals surface area (Å²) >= 11 is 0. The number of nitrogens with zero attached hydrogens (tertiary/aromatic N) is 2. The Morgan fingerprint density at radius 3 is 2.79 bits per heavy atom. The minimum Gasteiger partial charge on any atom is -0.399 e. The zero-order valence-corrected chi connectivity index (χ0v) is 10.4. The van der Waals surface area contributed by atoms with Crippen molar-refractivity contribution in [3.05, 3.63) is 65.9 Å². The van der Waals surface area contributed by atoms with Crippen LogP contribution in [-0.4, -0.2) is 4.57 Å². The monoisotopic (exact) mass is 247 g/mol. The third-order valence-corrected chi connectivity index (χ3v) is 3.21. The lowest BCUT2D eigenvalue weighted by atomic mass is 10.1. The molecular formula is C16H13N3. The molecule has 2 N–H and O–H groups in total. The third kappa shape index (κ3) is 2.16. The van der Waals surface area contributed by atoms with Crippen LogP contribution in [0, 0.1) is 11.3 Å². The van der Waals surface area contributed by atoms with Crippen LogP contribution in [0.4, 0.5) is 5.69 Å². The average Bonchev–Trinajstić information content (AvgIpc) is 2.81. The number of nitrogens with two attached hydrogens (primary N) is 1. The smallest absolute Gasteiger partial charge is 0.0992 e. The molecule has 0 bridgehead atoms. The van der Waals surface area contributed by atoms with E-state index < -0.39 is 0 Å². The number of fused-ring (bicyclic) bond motifs is 1. The van der Waals surface area contributed by atoms with E-state index in [1.807, 2.05) is 42.6 Å². The molecule has 3 nitrogen and oxygen atoms in total. The number of hydrogen-bond acceptors (Lipinski definition) is 2. The van der Waals surface area contributed by atoms with Crippen molar-refractivity contribution in [3.63, 3.8) is 0 Å². The Balaban J connectivity index is 2.03. The molecule has 0 atom stereocenters. The van der Waals surface area contributed by atoms with E-state index in [1.54, 1.807) is 0 Å². The van der Waals surface area contributed by atoms with Gasteiger partial charge in [0, 0.05) is 23.9 Å². The number of aromatic nitrogens is 1. The first-order chi connectivity index (χ1) is 9.26. The summed E-state index contributed by atoms with van der Waals surface area (Å²) < 4.78 is 2.13. The quantitative estimate of drug-likeness (QED) is 0.707. The summed E-state index contributed by atoms with van der Waals surface area (Å²) in [6, 6.07) is 17.8. The molecule has 1 aromatic heterocycles. The molecule has 3 rings (SSSR count). The Kier molecular flexibility index (Phi) is 2.70. The Morgan fingerprint density at radius 2 is 2.00 bits per heavy atom. The van der Waals surface area contributed by atoms with Gasteiger partial charge in [-0.15, -0.1) is 0 Å². The Hall–Kier alpha value is -2.73. The molecule has 0 unspecified atom stereocenters. The molecule has 1 heterocycles. The van der Waals surface area contributed by atoms with Crippen LogP contribution in [0.2, 0.25) is 0 Å². The van der Waals surface area contributed by atoms with Gasteiger partial charge in [-0.3, -0.25) is 0 Å². The number of rotatable bonds is 2. The molecule has 0 saturated heterocycles. The third-order valence-electron chi connectivity index (χ3n) is 3.21. The van der Waals surface area contributed by atoms with Gasteiger partial charge in [0.15, 0.2) is 0 Å². The molecule has 0 saturated carbocycles. The van der Waals surface area contributed by atoms with Crippen LogP contribution in [0.1, 0.15) is 11.1 Å². The van der Waals surface area contributed by atoms with Gasteiger partial charge < -0.3 is 10.3 Å². The number of benzene rings is 2. The molecule has 2 aromatic carbocycles. The van der Waals surface area contributed by atoms with Crippen LogP contribution in [0.15, 0.2) is 54.7 Å². The van der Waals surface area contributed by atoms with Gasteiger partial charge in [0.1, 0.15) is 0 Å². The molecule has 3 aromatic rings. The van der Waals surface area contributed by atoms with Crippen LogP contribution in [-0.2, 0) is 6.54 Å². The predicted molar refractivity (Wildman–Crippen MR) is 76.6 cm³/mol. The number of nitriles is 1. The number of hydrogen-bond donors (Lipinski definition) is 1. The summed E-state index contributed by atoms with van der Waals surface area (Å²) in [6.07, 6.45) is 2.04. The molecule has 0 radical (unpaired) electrons. The summed E-state index contributed by atoms with van der Waals surface area (Å²) in [5.41, 5.74) is 9.47. The van der Waals surface area contributed by atoms with Crippen molar-refractivity contribution in [2.24, 2.45) is 0 Å². The van der Waals surface area contributed by atoms with E-state index >= 15 is 0 Å². The van der Waals surface area contributed by atoms with Crippen molar-refractivity contribution in [2.45, 2.75) is 6.54 Å². The minimum atomic E-state index is 0.681. The van der Waals surface area contributed by atoms with Crippen molar-refractivity contribution in [2.75, 3.05) is 5.73 Å². The molecule has 92 valence electrons. The molecule has 0 aliphatic carbocycles. The second-order valence-corrected chi connectivity index (χ2v) is 4.57. The summed E-state index contributed by atoms with van der Waals surface area (Å²) in [4.78, 5) is 0. The van der Waals surface area contributed by atoms with Gasteiger partial charge in [0.25, 0.3) is 0 Å². The van der Waals surface area contributed by atoms with Crippen molar-refractivity contribution < 1.29 is 0 Å². The number of nitrogen functional groups attached to an aromatic ring is 1. The van der Waals surface area contributed by atoms with Crippen LogP contribution in [0.3, 0.4) is 0 Å². The van der Waals surface area contributed by atoms with Gasteiger partial charge in [0.05, 0.1) is 11.6 Å². The first-order valence-electron chi connectivity index (χ1n) is 6.10. The van der Waals surface area contributed by atoms with Gasteiger partial charge in [-0.05, 0) is 41.3 Å². The molecular weight excluding hydrogens is 234 g/mol. The van der Waals surface area contributed by atoms with Crippen molar-refractivity contribution in [1.29, 1.82) is 5.26 Å². The fourth-order valence-electron chi connectivity index (χ4n) is 2.28. The summed E-state index contributed by atoms with van der Waals surface area (Å²) in [5, 5.41) is 10.1. The fourth-order valence-corrected chi connectivity index (χ4v) is 2.28. The van der Waals surface area contributed by atoms with Gasteiger partial charge in [-0.25, -0.2) is 0 Å². The van der Waals surface area contributed by atoms with Gasteiger partial charge in [-0.2, -0.15) is 5.26 Å². The normalized spacial score (nSPS) is 10.5. The van der Waals surface area contributed by atoms with E-state index in [4.69, 9.17) is 11.0 Å². The summed E-state index contributed by atoms with van der Waals surface area (Å²) in [5.74, 6) is 0. The second-order valence-electron chi connectivity index (χ2n) is 4.57. The van der Waals surface area contributed by atoms with E-state index in [-0.39, 0.29) is 0 Å². The molecule has 0 aliphatic heterocycles. The van der Waals surface area contributed by atoms with Crippen LogP contribution < -0.4 is 5.73 Å². The van der Waals surface area contributed by atoms with Crippen molar-refractivity contribution in [3.8, 4) is 6.07 Å². The lowest BCUT2D eigenvalue weighted by molar-refractivity contribution is 0.837. The van der Waals surface area contributed by atoms with Crippen molar-refractivity contribution >= 4 is 16.6 Å². The van der Waals surface area contributed by atoms with E-state index in [9.17, 15) is 0 Å². The molecule has 0 fully saturated rings. The maximum atomic E-state index is 8.98. The lowest BCUT2D eigenvalue weighted by Gasteiger charge is -2.06. The van der Waals surface area contributed by atoms with Gasteiger partial charge in [0.2, 0.25) is 0 Å². The molecule has 0 aliphatic rings. The van der Waals surface area contributed by atoms with E-state index in [1.165, 1.54) is 0 Å². The van der Waals surface area contributed by atoms with Crippen LogP contribution in [0.25, 0.3) is 10.9 Å². The summed E-state index contributed by atoms with van der Waals surface area (Å²) in [7, 11) is 0. The Morgan fingerprint density at radius 1 is 1.11 bits per heavy atom. The largest absolute Gasteiger partial charge is 0.399 e. The van der Waals surface area contributed by atoms with Gasteiger partial charge in [-0.1, -0.05) is 18.2 Å². The summed E-state index contributed by atoms with van der Waals surface area (Å²) in [6.45, 7) is 0.753. The molecule has 0 spiro atoms. The van der Waals surface area contributed by atoms with E-state index in [2.05, 4.69) is 22.8 Å². The topological polar surface area (TPSA) is 54.7 Å². The van der Waals surface area contributed by atoms with E-state index in [0.717, 1.165) is 28.7 Å². The highest BCUT2D eigenvalue weighted by atomic mass is 14.9.